The first-order chi connectivity index (χ1) is 29.0. The van der Waals surface area contributed by atoms with Crippen LogP contribution in [0.25, 0.3) is 0 Å². The van der Waals surface area contributed by atoms with Crippen molar-refractivity contribution < 1.29 is 24.5 Å². The Bertz CT molecular complexity index is 1240. The van der Waals surface area contributed by atoms with Crippen LogP contribution in [0.3, 0.4) is 0 Å². The molecule has 59 heavy (non-hydrogen) atoms. The maximum Gasteiger partial charge on any atom is 0.306 e. The number of carbonyl (C=O) groups is 2. The fourth-order valence-electron chi connectivity index (χ4n) is 6.53. The van der Waals surface area contributed by atoms with Crippen LogP contribution in [0.4, 0.5) is 0 Å². The summed E-state index contributed by atoms with van der Waals surface area (Å²) in [4.78, 5) is 26.0. The lowest BCUT2D eigenvalue weighted by Gasteiger charge is -2.24. The number of amides is 1. The van der Waals surface area contributed by atoms with Crippen LogP contribution in [0.5, 0.6) is 0 Å². The Balaban J connectivity index is 4.77. The van der Waals surface area contributed by atoms with Gasteiger partial charge in [-0.1, -0.05) is 226 Å². The predicted molar refractivity (Wildman–Crippen MR) is 254 cm³/mol. The maximum absolute atomic E-state index is 13.2. The first kappa shape index (κ1) is 55.5. The van der Waals surface area contributed by atoms with E-state index in [0.717, 1.165) is 64.2 Å². The molecular weight excluding hydrogens is 731 g/mol. The Morgan fingerprint density at radius 2 is 0.915 bits per heavy atom. The van der Waals surface area contributed by atoms with Gasteiger partial charge in [-0.05, 0) is 57.8 Å². The Morgan fingerprint density at radius 1 is 0.508 bits per heavy atom. The molecule has 0 aromatic carbocycles. The Morgan fingerprint density at radius 3 is 1.39 bits per heavy atom. The van der Waals surface area contributed by atoms with Crippen LogP contribution in [0.15, 0.2) is 109 Å². The smallest absolute Gasteiger partial charge is 0.306 e. The summed E-state index contributed by atoms with van der Waals surface area (Å²) in [5, 5.41) is 23.7. The van der Waals surface area contributed by atoms with E-state index in [4.69, 9.17) is 4.74 Å². The van der Waals surface area contributed by atoms with Gasteiger partial charge in [-0.3, -0.25) is 9.59 Å². The van der Waals surface area contributed by atoms with E-state index in [1.165, 1.54) is 70.6 Å². The molecule has 0 saturated heterocycles. The van der Waals surface area contributed by atoms with Crippen molar-refractivity contribution in [2.45, 2.75) is 206 Å². The summed E-state index contributed by atoms with van der Waals surface area (Å²) in [7, 11) is 0. The van der Waals surface area contributed by atoms with Gasteiger partial charge in [0.25, 0.3) is 0 Å². The molecule has 3 atom stereocenters. The van der Waals surface area contributed by atoms with E-state index in [0.29, 0.717) is 19.3 Å². The standard InChI is InChI=1S/C53H87NO5/c1-4-7-10-13-16-19-22-25-28-30-33-36-39-42-45-51(56)50(48-55)54-52(57)47-49(44-41-38-35-32-29-26-23-20-17-14-11-8-5-2)59-53(58)46-43-40-37-34-31-27-24-21-18-15-12-9-6-3/h8-9,11-12,14-15,17-18,20-21,23-24,26-27,29,31,34,37,49-51,55-56H,4-7,10,13,16,19,22,25,28,30,32-33,35-36,38-48H2,1-3H3,(H,54,57)/b11-8+,12-9+,17-14+,18-15+,23-20+,24-21-,29-26-,31-27-,37-34+. The number of aliphatic hydroxyl groups excluding tert-OH is 2. The molecule has 3 unspecified atom stereocenters. The van der Waals surface area contributed by atoms with E-state index in [9.17, 15) is 19.8 Å². The summed E-state index contributed by atoms with van der Waals surface area (Å²) >= 11 is 0. The van der Waals surface area contributed by atoms with Gasteiger partial charge in [0.1, 0.15) is 6.10 Å². The van der Waals surface area contributed by atoms with Crippen molar-refractivity contribution in [2.75, 3.05) is 6.61 Å². The molecule has 3 N–H and O–H groups in total. The number of ether oxygens (including phenoxy) is 1. The van der Waals surface area contributed by atoms with E-state index >= 15 is 0 Å². The van der Waals surface area contributed by atoms with Gasteiger partial charge in [-0.15, -0.1) is 0 Å². The molecule has 0 aliphatic carbocycles. The van der Waals surface area contributed by atoms with Crippen molar-refractivity contribution in [1.29, 1.82) is 0 Å². The summed E-state index contributed by atoms with van der Waals surface area (Å²) < 4.78 is 5.85. The summed E-state index contributed by atoms with van der Waals surface area (Å²) in [6, 6.07) is -0.735. The number of aliphatic hydroxyl groups is 2. The lowest BCUT2D eigenvalue weighted by Crippen LogP contribution is -2.46. The minimum absolute atomic E-state index is 0.0156. The maximum atomic E-state index is 13.2. The topological polar surface area (TPSA) is 95.9 Å². The number of nitrogens with one attached hydrogen (secondary N) is 1. The fraction of sp³-hybridized carbons (Fsp3) is 0.623. The molecular formula is C53H87NO5. The largest absolute Gasteiger partial charge is 0.462 e. The van der Waals surface area contributed by atoms with Gasteiger partial charge in [-0.25, -0.2) is 0 Å². The molecule has 1 amide bonds. The van der Waals surface area contributed by atoms with Gasteiger partial charge in [0.2, 0.25) is 5.91 Å². The SMILES string of the molecule is CC/C=C/C=C/C=C\C=C/C=C/CCCC(=O)OC(CCCCC\C=C/C=C/C=C/C=C/CC)CC(=O)NC(CO)C(O)CCCCCCCCCCCCCCCC. The molecule has 0 aliphatic heterocycles. The highest BCUT2D eigenvalue weighted by Gasteiger charge is 2.24. The van der Waals surface area contributed by atoms with Crippen LogP contribution >= 0.6 is 0 Å². The third kappa shape index (κ3) is 41.1. The van der Waals surface area contributed by atoms with Crippen LogP contribution in [-0.4, -0.2) is 46.9 Å². The Hall–Kier alpha value is -3.48. The van der Waals surface area contributed by atoms with E-state index in [2.05, 4.69) is 50.4 Å². The quantitative estimate of drug-likeness (QED) is 0.0325. The molecule has 0 rings (SSSR count). The lowest BCUT2D eigenvalue weighted by molar-refractivity contribution is -0.151. The molecule has 0 saturated carbocycles. The van der Waals surface area contributed by atoms with Crippen molar-refractivity contribution in [3.05, 3.63) is 109 Å². The van der Waals surface area contributed by atoms with Gasteiger partial charge in [-0.2, -0.15) is 0 Å². The van der Waals surface area contributed by atoms with Crippen molar-refractivity contribution in [2.24, 2.45) is 0 Å². The first-order valence-electron chi connectivity index (χ1n) is 23.7. The zero-order valence-corrected chi connectivity index (χ0v) is 37.8. The second-order valence-corrected chi connectivity index (χ2v) is 15.6. The number of hydrogen-bond donors (Lipinski definition) is 3. The zero-order chi connectivity index (χ0) is 43.1. The number of esters is 1. The van der Waals surface area contributed by atoms with Crippen LogP contribution < -0.4 is 5.32 Å². The predicted octanol–water partition coefficient (Wildman–Crippen LogP) is 13.9. The Labute approximate surface area is 362 Å². The third-order valence-corrected chi connectivity index (χ3v) is 10.1. The van der Waals surface area contributed by atoms with E-state index in [1.807, 2.05) is 85.1 Å². The zero-order valence-electron chi connectivity index (χ0n) is 37.8. The van der Waals surface area contributed by atoms with Crippen molar-refractivity contribution in [3.8, 4) is 0 Å². The monoisotopic (exact) mass is 818 g/mol. The van der Waals surface area contributed by atoms with Gasteiger partial charge in [0, 0.05) is 6.42 Å². The highest BCUT2D eigenvalue weighted by molar-refractivity contribution is 5.77. The lowest BCUT2D eigenvalue weighted by atomic mass is 10.0. The number of unbranched alkanes of at least 4 members (excludes halogenated alkanes) is 17. The molecule has 0 heterocycles. The normalized spacial score (nSPS) is 14.3. The molecule has 0 aromatic heterocycles. The van der Waals surface area contributed by atoms with Crippen LogP contribution in [-0.2, 0) is 14.3 Å². The number of rotatable bonds is 40. The van der Waals surface area contributed by atoms with Crippen LogP contribution in [0, 0.1) is 0 Å². The first-order valence-corrected chi connectivity index (χ1v) is 23.7. The van der Waals surface area contributed by atoms with Crippen molar-refractivity contribution >= 4 is 11.9 Å². The summed E-state index contributed by atoms with van der Waals surface area (Å²) in [6.07, 6.45) is 61.5. The molecule has 0 fully saturated rings. The highest BCUT2D eigenvalue weighted by Crippen LogP contribution is 2.17. The molecule has 0 aliphatic rings. The summed E-state index contributed by atoms with van der Waals surface area (Å²) in [5.41, 5.74) is 0. The molecule has 0 spiro atoms. The highest BCUT2D eigenvalue weighted by atomic mass is 16.5. The van der Waals surface area contributed by atoms with Crippen molar-refractivity contribution in [3.63, 3.8) is 0 Å². The average molecular weight is 818 g/mol. The van der Waals surface area contributed by atoms with E-state index in [1.54, 1.807) is 0 Å². The van der Waals surface area contributed by atoms with E-state index in [-0.39, 0.29) is 31.3 Å². The summed E-state index contributed by atoms with van der Waals surface area (Å²) in [6.45, 7) is 6.15. The molecule has 334 valence electrons. The third-order valence-electron chi connectivity index (χ3n) is 10.1. The molecule has 0 aromatic rings. The van der Waals surface area contributed by atoms with Gasteiger partial charge in [0.05, 0.1) is 25.2 Å². The second-order valence-electron chi connectivity index (χ2n) is 15.6. The number of allylic oxidation sites excluding steroid dienone is 18. The number of hydrogen-bond acceptors (Lipinski definition) is 5. The second kappa shape index (κ2) is 45.6. The average Bonchev–Trinajstić information content (AvgIpc) is 3.23. The molecule has 6 heteroatoms. The molecule has 6 nitrogen and oxygen atoms in total. The summed E-state index contributed by atoms with van der Waals surface area (Å²) in [5.74, 6) is -0.614. The number of carbonyl (C=O) groups excluding carboxylic acids is 2. The van der Waals surface area contributed by atoms with Crippen LogP contribution in [0.2, 0.25) is 0 Å². The van der Waals surface area contributed by atoms with Gasteiger partial charge >= 0.3 is 5.97 Å². The van der Waals surface area contributed by atoms with E-state index < -0.39 is 18.2 Å². The molecule has 0 radical (unpaired) electrons. The van der Waals surface area contributed by atoms with Gasteiger partial charge < -0.3 is 20.3 Å². The fourth-order valence-corrected chi connectivity index (χ4v) is 6.53. The van der Waals surface area contributed by atoms with Crippen LogP contribution in [0.1, 0.15) is 188 Å². The minimum atomic E-state index is -0.817. The van der Waals surface area contributed by atoms with Gasteiger partial charge in [0.15, 0.2) is 0 Å². The minimum Gasteiger partial charge on any atom is -0.462 e. The van der Waals surface area contributed by atoms with Crippen molar-refractivity contribution in [1.82, 2.24) is 5.32 Å². The molecule has 0 bridgehead atoms. The Kier molecular flexibility index (Phi) is 42.9.